The molecule has 1 heterocycles. The molecule has 1 N–H and O–H groups in total. The Balaban J connectivity index is 2.12. The molecule has 3 nitrogen and oxygen atoms in total. The Labute approximate surface area is 114 Å². The maximum Gasteiger partial charge on any atom is 0.340 e. The fourth-order valence-electron chi connectivity index (χ4n) is 2.19. The van der Waals surface area contributed by atoms with E-state index >= 15 is 0 Å². The highest BCUT2D eigenvalue weighted by Gasteiger charge is 2.12. The monoisotopic (exact) mass is 269 g/mol. The van der Waals surface area contributed by atoms with E-state index in [9.17, 15) is 9.18 Å². The van der Waals surface area contributed by atoms with Gasteiger partial charge in [-0.25, -0.2) is 9.18 Å². The molecule has 0 aromatic carbocycles. The first-order chi connectivity index (χ1) is 9.15. The van der Waals surface area contributed by atoms with Crippen molar-refractivity contribution in [2.24, 2.45) is 0 Å². The number of hydrogen-bond donors (Lipinski definition) is 1. The summed E-state index contributed by atoms with van der Waals surface area (Å²) in [7, 11) is 0. The Morgan fingerprint density at radius 2 is 1.68 bits per heavy atom. The van der Waals surface area contributed by atoms with Gasteiger partial charge in [0, 0.05) is 18.9 Å². The summed E-state index contributed by atoms with van der Waals surface area (Å²) in [6, 6.07) is 0. The van der Waals surface area contributed by atoms with Crippen LogP contribution in [0.5, 0.6) is 0 Å². The average Bonchev–Trinajstić information content (AvgIpc) is 2.74. The predicted molar refractivity (Wildman–Crippen MR) is 74.0 cm³/mol. The van der Waals surface area contributed by atoms with Crippen LogP contribution in [0.25, 0.3) is 0 Å². The summed E-state index contributed by atoms with van der Waals surface area (Å²) in [6.45, 7) is 2.90. The third kappa shape index (κ3) is 5.90. The maximum absolute atomic E-state index is 13.2. The van der Waals surface area contributed by atoms with E-state index < -0.39 is 11.8 Å². The van der Waals surface area contributed by atoms with Gasteiger partial charge >= 0.3 is 5.97 Å². The van der Waals surface area contributed by atoms with Crippen molar-refractivity contribution in [3.05, 3.63) is 23.8 Å². The second kappa shape index (κ2) is 8.73. The molecular formula is C15H24FNO2. The first-order valence-corrected chi connectivity index (χ1v) is 7.23. The second-order valence-corrected chi connectivity index (χ2v) is 5.04. The highest BCUT2D eigenvalue weighted by molar-refractivity contribution is 5.87. The van der Waals surface area contributed by atoms with E-state index in [2.05, 4.69) is 6.92 Å². The lowest BCUT2D eigenvalue weighted by Gasteiger charge is -2.03. The molecule has 19 heavy (non-hydrogen) atoms. The maximum atomic E-state index is 13.2. The zero-order valence-corrected chi connectivity index (χ0v) is 11.7. The number of aromatic nitrogens is 1. The Morgan fingerprint density at radius 1 is 1.11 bits per heavy atom. The fraction of sp³-hybridized carbons (Fsp3) is 0.667. The number of carbonyl (C=O) groups is 1. The van der Waals surface area contributed by atoms with Gasteiger partial charge in [0.15, 0.2) is 5.82 Å². The highest BCUT2D eigenvalue weighted by Crippen LogP contribution is 2.12. The largest absolute Gasteiger partial charge is 0.478 e. The summed E-state index contributed by atoms with van der Waals surface area (Å²) in [5, 5.41) is 8.74. The molecule has 0 bridgehead atoms. The molecule has 0 fully saturated rings. The van der Waals surface area contributed by atoms with Crippen LogP contribution < -0.4 is 0 Å². The summed E-state index contributed by atoms with van der Waals surface area (Å²) in [4.78, 5) is 10.7. The van der Waals surface area contributed by atoms with Gasteiger partial charge in [0.2, 0.25) is 0 Å². The first-order valence-electron chi connectivity index (χ1n) is 7.23. The van der Waals surface area contributed by atoms with Crippen LogP contribution in [0.4, 0.5) is 4.39 Å². The van der Waals surface area contributed by atoms with Gasteiger partial charge < -0.3 is 9.67 Å². The van der Waals surface area contributed by atoms with Crippen molar-refractivity contribution in [3.8, 4) is 0 Å². The molecule has 0 spiro atoms. The van der Waals surface area contributed by atoms with E-state index in [0.717, 1.165) is 12.8 Å². The number of unbranched alkanes of at least 4 members (excludes halogenated alkanes) is 7. The SMILES string of the molecule is CCCCCCCCCCn1cc(F)c(C(=O)O)c1. The van der Waals surface area contributed by atoms with E-state index in [4.69, 9.17) is 5.11 Å². The van der Waals surface area contributed by atoms with Crippen molar-refractivity contribution in [2.75, 3.05) is 0 Å². The molecule has 0 atom stereocenters. The number of aryl methyl sites for hydroxylation is 1. The van der Waals surface area contributed by atoms with Crippen LogP contribution in [-0.4, -0.2) is 15.6 Å². The van der Waals surface area contributed by atoms with Crippen LogP contribution in [0, 0.1) is 5.82 Å². The van der Waals surface area contributed by atoms with Crippen LogP contribution in [0.2, 0.25) is 0 Å². The molecule has 1 aromatic heterocycles. The van der Waals surface area contributed by atoms with Crippen molar-refractivity contribution in [2.45, 2.75) is 64.8 Å². The van der Waals surface area contributed by atoms with Gasteiger partial charge in [-0.3, -0.25) is 0 Å². The normalized spacial score (nSPS) is 10.8. The van der Waals surface area contributed by atoms with Crippen molar-refractivity contribution < 1.29 is 14.3 Å². The molecule has 0 aliphatic carbocycles. The zero-order chi connectivity index (χ0) is 14.1. The van der Waals surface area contributed by atoms with E-state index in [1.807, 2.05) is 0 Å². The fourth-order valence-corrected chi connectivity index (χ4v) is 2.19. The van der Waals surface area contributed by atoms with E-state index in [1.165, 1.54) is 50.9 Å². The van der Waals surface area contributed by atoms with Crippen molar-refractivity contribution >= 4 is 5.97 Å². The molecule has 0 radical (unpaired) electrons. The lowest BCUT2D eigenvalue weighted by Crippen LogP contribution is -1.97. The standard InChI is InChI=1S/C15H24FNO2/c1-2-3-4-5-6-7-8-9-10-17-11-13(15(18)19)14(16)12-17/h11-12H,2-10H2,1H3,(H,18,19). The molecule has 0 amide bonds. The summed E-state index contributed by atoms with van der Waals surface area (Å²) >= 11 is 0. The van der Waals surface area contributed by atoms with Gasteiger partial charge in [-0.05, 0) is 6.42 Å². The van der Waals surface area contributed by atoms with Gasteiger partial charge in [0.25, 0.3) is 0 Å². The van der Waals surface area contributed by atoms with Gasteiger partial charge in [0.1, 0.15) is 5.56 Å². The van der Waals surface area contributed by atoms with Gasteiger partial charge in [-0.1, -0.05) is 51.9 Å². The highest BCUT2D eigenvalue weighted by atomic mass is 19.1. The molecule has 108 valence electrons. The molecule has 1 aromatic rings. The van der Waals surface area contributed by atoms with E-state index in [1.54, 1.807) is 4.57 Å². The number of carboxylic acid groups (broad SMARTS) is 1. The average molecular weight is 269 g/mol. The van der Waals surface area contributed by atoms with Crippen LogP contribution in [-0.2, 0) is 6.54 Å². The Bertz CT molecular complexity index is 387. The van der Waals surface area contributed by atoms with E-state index in [0.29, 0.717) is 6.54 Å². The number of halogens is 1. The lowest BCUT2D eigenvalue weighted by molar-refractivity contribution is 0.0692. The molecule has 0 saturated carbocycles. The van der Waals surface area contributed by atoms with Crippen LogP contribution in [0.3, 0.4) is 0 Å². The predicted octanol–water partition coefficient (Wildman–Crippen LogP) is 4.47. The van der Waals surface area contributed by atoms with Crippen molar-refractivity contribution in [3.63, 3.8) is 0 Å². The molecule has 1 rings (SSSR count). The summed E-state index contributed by atoms with van der Waals surface area (Å²) in [5.41, 5.74) is -0.237. The minimum absolute atomic E-state index is 0.237. The Morgan fingerprint density at radius 3 is 2.21 bits per heavy atom. The number of nitrogens with zero attached hydrogens (tertiary/aromatic N) is 1. The number of hydrogen-bond acceptors (Lipinski definition) is 1. The van der Waals surface area contributed by atoms with Crippen LogP contribution >= 0.6 is 0 Å². The summed E-state index contributed by atoms with van der Waals surface area (Å²) in [6.07, 6.45) is 12.4. The summed E-state index contributed by atoms with van der Waals surface area (Å²) in [5.74, 6) is -1.85. The zero-order valence-electron chi connectivity index (χ0n) is 11.7. The minimum Gasteiger partial charge on any atom is -0.478 e. The lowest BCUT2D eigenvalue weighted by atomic mass is 10.1. The number of aromatic carboxylic acids is 1. The van der Waals surface area contributed by atoms with E-state index in [-0.39, 0.29) is 5.56 Å². The van der Waals surface area contributed by atoms with Gasteiger partial charge in [0.05, 0.1) is 0 Å². The summed E-state index contributed by atoms with van der Waals surface area (Å²) < 4.78 is 14.8. The van der Waals surface area contributed by atoms with Crippen LogP contribution in [0.15, 0.2) is 12.4 Å². The minimum atomic E-state index is -1.20. The van der Waals surface area contributed by atoms with Gasteiger partial charge in [-0.15, -0.1) is 0 Å². The number of rotatable bonds is 10. The van der Waals surface area contributed by atoms with Crippen molar-refractivity contribution in [1.82, 2.24) is 4.57 Å². The topological polar surface area (TPSA) is 42.2 Å². The smallest absolute Gasteiger partial charge is 0.340 e. The third-order valence-electron chi connectivity index (χ3n) is 3.33. The molecule has 0 saturated heterocycles. The molecule has 0 aliphatic heterocycles. The molecule has 0 unspecified atom stereocenters. The van der Waals surface area contributed by atoms with Crippen LogP contribution in [0.1, 0.15) is 68.6 Å². The third-order valence-corrected chi connectivity index (χ3v) is 3.33. The first kappa shape index (κ1) is 15.7. The number of carboxylic acids is 1. The molecular weight excluding hydrogens is 245 g/mol. The Hall–Kier alpha value is -1.32. The Kier molecular flexibility index (Phi) is 7.23. The quantitative estimate of drug-likeness (QED) is 0.637. The van der Waals surface area contributed by atoms with Gasteiger partial charge in [-0.2, -0.15) is 0 Å². The second-order valence-electron chi connectivity index (χ2n) is 5.04. The molecule has 0 aliphatic rings. The van der Waals surface area contributed by atoms with Crippen molar-refractivity contribution in [1.29, 1.82) is 0 Å². The molecule has 4 heteroatoms.